The molecule has 188 valence electrons. The Kier molecular flexibility index (Phi) is 9.73. The third kappa shape index (κ3) is 6.32. The minimum atomic E-state index is 0. The standard InChI is InChI=1S/C28H22N4O2S.BrH.H2O/c1-34-25-13-11-24(12-14-25)32-27(23-15-17-29-18-16-23)30-31-28(32)35-19-26(33)22-9-7-21(8-10-22)20-5-3-2-4-6-20;;/h2-18H,19H2,1H3;1H;1H2. The molecule has 0 saturated carbocycles. The van der Waals surface area contributed by atoms with Crippen LogP contribution in [0.15, 0.2) is 109 Å². The summed E-state index contributed by atoms with van der Waals surface area (Å²) >= 11 is 1.36. The van der Waals surface area contributed by atoms with Gasteiger partial charge in [-0.2, -0.15) is 0 Å². The van der Waals surface area contributed by atoms with Crippen LogP contribution in [0.4, 0.5) is 0 Å². The molecule has 0 atom stereocenters. The number of rotatable bonds is 8. The molecule has 0 unspecified atom stereocenters. The lowest BCUT2D eigenvalue weighted by molar-refractivity contribution is 0.102. The third-order valence-electron chi connectivity index (χ3n) is 5.55. The van der Waals surface area contributed by atoms with Crippen molar-refractivity contribution in [2.75, 3.05) is 12.9 Å². The number of nitrogens with zero attached hydrogens (tertiary/aromatic N) is 4. The highest BCUT2D eigenvalue weighted by Crippen LogP contribution is 2.29. The zero-order valence-corrected chi connectivity index (χ0v) is 22.5. The van der Waals surface area contributed by atoms with Gasteiger partial charge in [0.05, 0.1) is 12.9 Å². The summed E-state index contributed by atoms with van der Waals surface area (Å²) in [4.78, 5) is 17.1. The number of carbonyl (C=O) groups is 1. The molecule has 2 heterocycles. The van der Waals surface area contributed by atoms with Gasteiger partial charge in [-0.15, -0.1) is 27.2 Å². The highest BCUT2D eigenvalue weighted by atomic mass is 79.9. The number of benzene rings is 3. The summed E-state index contributed by atoms with van der Waals surface area (Å²) in [6.07, 6.45) is 3.44. The second-order valence-corrected chi connectivity index (χ2v) is 8.67. The van der Waals surface area contributed by atoms with Gasteiger partial charge < -0.3 is 10.2 Å². The van der Waals surface area contributed by atoms with Gasteiger partial charge in [-0.3, -0.25) is 14.3 Å². The van der Waals surface area contributed by atoms with Gasteiger partial charge >= 0.3 is 0 Å². The summed E-state index contributed by atoms with van der Waals surface area (Å²) in [5, 5.41) is 9.46. The molecule has 0 amide bonds. The fourth-order valence-corrected chi connectivity index (χ4v) is 4.55. The monoisotopic (exact) mass is 576 g/mol. The van der Waals surface area contributed by atoms with E-state index in [2.05, 4.69) is 27.3 Å². The van der Waals surface area contributed by atoms with E-state index in [-0.39, 0.29) is 34.0 Å². The van der Waals surface area contributed by atoms with E-state index in [1.165, 1.54) is 11.8 Å². The van der Waals surface area contributed by atoms with Gasteiger partial charge in [0.25, 0.3) is 0 Å². The first-order chi connectivity index (χ1) is 17.2. The molecule has 37 heavy (non-hydrogen) atoms. The van der Waals surface area contributed by atoms with Crippen molar-refractivity contribution in [1.29, 1.82) is 0 Å². The van der Waals surface area contributed by atoms with Gasteiger partial charge in [0.1, 0.15) is 5.75 Å². The molecule has 0 aliphatic carbocycles. The predicted molar refractivity (Wildman–Crippen MR) is 152 cm³/mol. The minimum Gasteiger partial charge on any atom is -0.497 e. The van der Waals surface area contributed by atoms with Gasteiger partial charge in [-0.25, -0.2) is 0 Å². The van der Waals surface area contributed by atoms with Crippen LogP contribution in [0.5, 0.6) is 5.75 Å². The fourth-order valence-electron chi connectivity index (χ4n) is 3.71. The van der Waals surface area contributed by atoms with Crippen LogP contribution in [0, 0.1) is 0 Å². The lowest BCUT2D eigenvalue weighted by Crippen LogP contribution is -2.05. The Morgan fingerprint density at radius 2 is 1.46 bits per heavy atom. The lowest BCUT2D eigenvalue weighted by atomic mass is 10.0. The number of halogens is 1. The number of ketones is 1. The van der Waals surface area contributed by atoms with Crippen molar-refractivity contribution < 1.29 is 15.0 Å². The van der Waals surface area contributed by atoms with E-state index >= 15 is 0 Å². The second-order valence-electron chi connectivity index (χ2n) is 7.73. The molecule has 0 aliphatic heterocycles. The van der Waals surface area contributed by atoms with Crippen molar-refractivity contribution in [3.05, 3.63) is 109 Å². The first-order valence-electron chi connectivity index (χ1n) is 11.0. The molecule has 2 aromatic heterocycles. The molecule has 0 aliphatic rings. The summed E-state index contributed by atoms with van der Waals surface area (Å²) in [5.41, 5.74) is 4.64. The molecule has 9 heteroatoms. The molecule has 5 aromatic rings. The number of Topliss-reactive ketones (excluding diaryl/α,β-unsaturated/α-hetero) is 1. The van der Waals surface area contributed by atoms with Crippen LogP contribution in [-0.4, -0.2) is 43.9 Å². The molecule has 0 saturated heterocycles. The van der Waals surface area contributed by atoms with E-state index < -0.39 is 0 Å². The molecular weight excluding hydrogens is 552 g/mol. The van der Waals surface area contributed by atoms with E-state index in [1.807, 2.05) is 83.4 Å². The van der Waals surface area contributed by atoms with Crippen LogP contribution in [0.2, 0.25) is 0 Å². The van der Waals surface area contributed by atoms with E-state index in [4.69, 9.17) is 4.74 Å². The highest BCUT2D eigenvalue weighted by molar-refractivity contribution is 8.93. The SMILES string of the molecule is Br.COc1ccc(-n2c(SCC(=O)c3ccc(-c4ccccc4)cc3)nnc2-c2ccncc2)cc1.O. The van der Waals surface area contributed by atoms with Gasteiger partial charge in [0, 0.05) is 29.2 Å². The zero-order valence-electron chi connectivity index (χ0n) is 19.9. The number of methoxy groups -OCH3 is 1. The summed E-state index contributed by atoms with van der Waals surface area (Å²) in [7, 11) is 1.63. The van der Waals surface area contributed by atoms with Gasteiger partial charge in [-0.1, -0.05) is 66.4 Å². The molecular formula is C28H25BrN4O3S. The van der Waals surface area contributed by atoms with E-state index in [0.29, 0.717) is 16.5 Å². The lowest BCUT2D eigenvalue weighted by Gasteiger charge is -2.11. The number of aromatic nitrogens is 4. The normalized spacial score (nSPS) is 10.2. The molecule has 5 rings (SSSR count). The molecule has 0 bridgehead atoms. The molecule has 0 radical (unpaired) electrons. The van der Waals surface area contributed by atoms with E-state index in [0.717, 1.165) is 28.1 Å². The molecule has 2 N–H and O–H groups in total. The maximum absolute atomic E-state index is 13.0. The number of ether oxygens (including phenoxy) is 1. The van der Waals surface area contributed by atoms with Crippen molar-refractivity contribution in [3.8, 4) is 34.0 Å². The van der Waals surface area contributed by atoms with Gasteiger partial charge in [0.2, 0.25) is 0 Å². The number of hydrogen-bond donors (Lipinski definition) is 0. The zero-order chi connectivity index (χ0) is 24.0. The molecule has 0 spiro atoms. The van der Waals surface area contributed by atoms with Crippen LogP contribution in [0.25, 0.3) is 28.2 Å². The summed E-state index contributed by atoms with van der Waals surface area (Å²) in [6.45, 7) is 0. The number of pyridine rings is 1. The quantitative estimate of drug-likeness (QED) is 0.172. The summed E-state index contributed by atoms with van der Waals surface area (Å²) in [5.74, 6) is 1.72. The van der Waals surface area contributed by atoms with Gasteiger partial charge in [-0.05, 0) is 47.5 Å². The first kappa shape index (κ1) is 27.8. The second kappa shape index (κ2) is 13.0. The minimum absolute atomic E-state index is 0. The van der Waals surface area contributed by atoms with Crippen molar-refractivity contribution in [2.24, 2.45) is 0 Å². The largest absolute Gasteiger partial charge is 0.497 e. The van der Waals surface area contributed by atoms with Crippen molar-refractivity contribution in [1.82, 2.24) is 19.7 Å². The van der Waals surface area contributed by atoms with E-state index in [9.17, 15) is 4.79 Å². The Hall–Kier alpha value is -3.79. The van der Waals surface area contributed by atoms with Crippen molar-refractivity contribution in [2.45, 2.75) is 5.16 Å². The molecule has 0 fully saturated rings. The Morgan fingerprint density at radius 1 is 0.811 bits per heavy atom. The van der Waals surface area contributed by atoms with Gasteiger partial charge in [0.15, 0.2) is 16.8 Å². The first-order valence-corrected chi connectivity index (χ1v) is 12.0. The number of carbonyl (C=O) groups excluding carboxylic acids is 1. The predicted octanol–water partition coefficient (Wildman–Crippen LogP) is 5.73. The summed E-state index contributed by atoms with van der Waals surface area (Å²) < 4.78 is 7.25. The maximum Gasteiger partial charge on any atom is 0.196 e. The maximum atomic E-state index is 13.0. The Bertz CT molecular complexity index is 1430. The van der Waals surface area contributed by atoms with E-state index in [1.54, 1.807) is 19.5 Å². The van der Waals surface area contributed by atoms with Crippen LogP contribution >= 0.6 is 28.7 Å². The Balaban J connectivity index is 0.00000190. The molecule has 3 aromatic carbocycles. The van der Waals surface area contributed by atoms with Crippen LogP contribution in [0.1, 0.15) is 10.4 Å². The Morgan fingerprint density at radius 3 is 2.11 bits per heavy atom. The number of thioether (sulfide) groups is 1. The number of hydrogen-bond acceptors (Lipinski definition) is 6. The smallest absolute Gasteiger partial charge is 0.196 e. The average molecular weight is 578 g/mol. The van der Waals surface area contributed by atoms with Crippen LogP contribution in [0.3, 0.4) is 0 Å². The third-order valence-corrected chi connectivity index (χ3v) is 6.48. The average Bonchev–Trinajstić information content (AvgIpc) is 3.37. The van der Waals surface area contributed by atoms with Crippen LogP contribution in [-0.2, 0) is 0 Å². The molecule has 7 nitrogen and oxygen atoms in total. The van der Waals surface area contributed by atoms with Crippen molar-refractivity contribution in [3.63, 3.8) is 0 Å². The highest BCUT2D eigenvalue weighted by Gasteiger charge is 2.18. The topological polar surface area (TPSA) is 101 Å². The van der Waals surface area contributed by atoms with Crippen LogP contribution < -0.4 is 4.74 Å². The summed E-state index contributed by atoms with van der Waals surface area (Å²) in [6, 6.07) is 29.3. The Labute approximate surface area is 229 Å². The van der Waals surface area contributed by atoms with Crippen molar-refractivity contribution >= 4 is 34.5 Å². The fraction of sp³-hybridized carbons (Fsp3) is 0.0714.